The first kappa shape index (κ1) is 13.6. The van der Waals surface area contributed by atoms with Gasteiger partial charge >= 0.3 is 0 Å². The van der Waals surface area contributed by atoms with Gasteiger partial charge in [0.2, 0.25) is 0 Å². The largest absolute Gasteiger partial charge is 0.347 e. The van der Waals surface area contributed by atoms with Crippen molar-refractivity contribution in [2.45, 2.75) is 25.2 Å². The minimum absolute atomic E-state index is 0.331. The summed E-state index contributed by atoms with van der Waals surface area (Å²) in [5.41, 5.74) is 0.832. The van der Waals surface area contributed by atoms with E-state index in [9.17, 15) is 0 Å². The van der Waals surface area contributed by atoms with Crippen LogP contribution in [0.4, 0.5) is 0 Å². The normalized spacial score (nSPS) is 23.1. The molecule has 0 N–H and O–H groups in total. The molecule has 4 nitrogen and oxygen atoms in total. The highest BCUT2D eigenvalue weighted by atomic mass is 35.5. The van der Waals surface area contributed by atoms with Gasteiger partial charge in [0.25, 0.3) is 0 Å². The monoisotopic (exact) mass is 302 g/mol. The standard InChI is InChI=1S/C13H16Cl2N2O2/c14-10-1-2-12(15)16-11(10)9-17-5-3-13(4-6-17)18-7-8-19-13/h1-2H,3-9H2. The Labute approximate surface area is 122 Å². The van der Waals surface area contributed by atoms with Crippen LogP contribution in [0.2, 0.25) is 10.2 Å². The summed E-state index contributed by atoms with van der Waals surface area (Å²) in [7, 11) is 0. The molecule has 2 saturated heterocycles. The maximum atomic E-state index is 6.14. The Balaban J connectivity index is 1.61. The van der Waals surface area contributed by atoms with Crippen molar-refractivity contribution in [1.82, 2.24) is 9.88 Å². The van der Waals surface area contributed by atoms with Gasteiger partial charge in [0.05, 0.1) is 23.9 Å². The summed E-state index contributed by atoms with van der Waals surface area (Å²) < 4.78 is 11.4. The molecule has 2 aliphatic heterocycles. The minimum Gasteiger partial charge on any atom is -0.347 e. The van der Waals surface area contributed by atoms with E-state index >= 15 is 0 Å². The molecule has 3 rings (SSSR count). The van der Waals surface area contributed by atoms with Crippen molar-refractivity contribution < 1.29 is 9.47 Å². The van der Waals surface area contributed by atoms with Crippen LogP contribution < -0.4 is 0 Å². The Kier molecular flexibility index (Phi) is 3.96. The van der Waals surface area contributed by atoms with E-state index in [0.29, 0.717) is 23.4 Å². The molecule has 0 unspecified atom stereocenters. The first-order valence-electron chi connectivity index (χ1n) is 6.48. The summed E-state index contributed by atoms with van der Waals surface area (Å²) >= 11 is 12.0. The van der Waals surface area contributed by atoms with Crippen molar-refractivity contribution >= 4 is 23.2 Å². The van der Waals surface area contributed by atoms with Gasteiger partial charge < -0.3 is 9.47 Å². The second kappa shape index (κ2) is 5.54. The first-order valence-corrected chi connectivity index (χ1v) is 7.24. The van der Waals surface area contributed by atoms with E-state index in [0.717, 1.165) is 38.2 Å². The van der Waals surface area contributed by atoms with Crippen LogP contribution in [0.3, 0.4) is 0 Å². The number of hydrogen-bond acceptors (Lipinski definition) is 4. The second-order valence-corrected chi connectivity index (χ2v) is 5.74. The lowest BCUT2D eigenvalue weighted by Crippen LogP contribution is -2.44. The highest BCUT2D eigenvalue weighted by Crippen LogP contribution is 2.32. The summed E-state index contributed by atoms with van der Waals surface area (Å²) in [6.07, 6.45) is 1.79. The van der Waals surface area contributed by atoms with Crippen LogP contribution in [0, 0.1) is 0 Å². The number of rotatable bonds is 2. The van der Waals surface area contributed by atoms with Gasteiger partial charge in [0, 0.05) is 32.5 Å². The zero-order chi connectivity index (χ0) is 13.3. The van der Waals surface area contributed by atoms with Crippen LogP contribution >= 0.6 is 23.2 Å². The molecule has 1 spiro atoms. The lowest BCUT2D eigenvalue weighted by Gasteiger charge is -2.37. The molecule has 0 aliphatic carbocycles. The van der Waals surface area contributed by atoms with Crippen molar-refractivity contribution in [3.63, 3.8) is 0 Å². The molecule has 1 aromatic rings. The lowest BCUT2D eigenvalue weighted by molar-refractivity contribution is -0.185. The predicted octanol–water partition coefficient (Wildman–Crippen LogP) is 2.73. The number of hydrogen-bond donors (Lipinski definition) is 0. The van der Waals surface area contributed by atoms with Gasteiger partial charge in [-0.25, -0.2) is 4.98 Å². The molecule has 0 aromatic carbocycles. The summed E-state index contributed by atoms with van der Waals surface area (Å²) in [5, 5.41) is 1.15. The molecule has 2 fully saturated rings. The van der Waals surface area contributed by atoms with Gasteiger partial charge in [-0.3, -0.25) is 4.90 Å². The van der Waals surface area contributed by atoms with Crippen LogP contribution in [-0.4, -0.2) is 42.0 Å². The van der Waals surface area contributed by atoms with Crippen molar-refractivity contribution in [2.75, 3.05) is 26.3 Å². The molecule has 19 heavy (non-hydrogen) atoms. The van der Waals surface area contributed by atoms with Crippen LogP contribution in [0.25, 0.3) is 0 Å². The summed E-state index contributed by atoms with van der Waals surface area (Å²) in [6.45, 7) is 3.98. The Morgan fingerprint density at radius 1 is 1.16 bits per heavy atom. The number of ether oxygens (including phenoxy) is 2. The van der Waals surface area contributed by atoms with Crippen molar-refractivity contribution in [3.8, 4) is 0 Å². The highest BCUT2D eigenvalue weighted by Gasteiger charge is 2.39. The molecule has 3 heterocycles. The quantitative estimate of drug-likeness (QED) is 0.787. The first-order chi connectivity index (χ1) is 9.17. The molecule has 104 valence electrons. The topological polar surface area (TPSA) is 34.6 Å². The van der Waals surface area contributed by atoms with Gasteiger partial charge in [-0.05, 0) is 12.1 Å². The SMILES string of the molecule is Clc1ccc(Cl)c(CN2CCC3(CC2)OCCO3)n1. The Bertz CT molecular complexity index is 454. The van der Waals surface area contributed by atoms with Crippen molar-refractivity contribution in [1.29, 1.82) is 0 Å². The van der Waals surface area contributed by atoms with E-state index in [-0.39, 0.29) is 5.79 Å². The van der Waals surface area contributed by atoms with Gasteiger partial charge in [0.1, 0.15) is 5.15 Å². The fraction of sp³-hybridized carbons (Fsp3) is 0.615. The number of pyridine rings is 1. The highest BCUT2D eigenvalue weighted by molar-refractivity contribution is 6.32. The number of nitrogens with zero attached hydrogens (tertiary/aromatic N) is 2. The summed E-state index contributed by atoms with van der Waals surface area (Å²) in [5.74, 6) is -0.331. The average Bonchev–Trinajstić information content (AvgIpc) is 2.85. The third kappa shape index (κ3) is 3.03. The van der Waals surface area contributed by atoms with Gasteiger partial charge in [-0.15, -0.1) is 0 Å². The summed E-state index contributed by atoms with van der Waals surface area (Å²) in [6, 6.07) is 3.50. The zero-order valence-corrected chi connectivity index (χ0v) is 12.1. The van der Waals surface area contributed by atoms with Crippen molar-refractivity contribution in [3.05, 3.63) is 28.0 Å². The average molecular weight is 303 g/mol. The Morgan fingerprint density at radius 2 is 1.84 bits per heavy atom. The van der Waals surface area contributed by atoms with E-state index in [1.165, 1.54) is 0 Å². The third-order valence-electron chi connectivity index (χ3n) is 3.69. The molecule has 2 aliphatic rings. The lowest BCUT2D eigenvalue weighted by atomic mass is 10.0. The number of piperidine rings is 1. The van der Waals surface area contributed by atoms with Crippen LogP contribution in [0.15, 0.2) is 12.1 Å². The molecule has 0 amide bonds. The third-order valence-corrected chi connectivity index (χ3v) is 4.24. The molecular weight excluding hydrogens is 287 g/mol. The van der Waals surface area contributed by atoms with Gasteiger partial charge in [0.15, 0.2) is 5.79 Å². The number of likely N-dealkylation sites (tertiary alicyclic amines) is 1. The fourth-order valence-corrected chi connectivity index (χ4v) is 2.95. The molecular formula is C13H16Cl2N2O2. The maximum Gasteiger partial charge on any atom is 0.170 e. The van der Waals surface area contributed by atoms with Crippen molar-refractivity contribution in [2.24, 2.45) is 0 Å². The predicted molar refractivity (Wildman–Crippen MR) is 73.4 cm³/mol. The Hall–Kier alpha value is -0.390. The summed E-state index contributed by atoms with van der Waals surface area (Å²) in [4.78, 5) is 6.59. The number of aromatic nitrogens is 1. The molecule has 0 bridgehead atoms. The number of halogens is 2. The molecule has 0 radical (unpaired) electrons. The smallest absolute Gasteiger partial charge is 0.170 e. The second-order valence-electron chi connectivity index (χ2n) is 4.95. The molecule has 6 heteroatoms. The zero-order valence-electron chi connectivity index (χ0n) is 10.6. The van der Waals surface area contributed by atoms with Gasteiger partial charge in [-0.1, -0.05) is 23.2 Å². The Morgan fingerprint density at radius 3 is 2.53 bits per heavy atom. The maximum absolute atomic E-state index is 6.14. The van der Waals surface area contributed by atoms with Gasteiger partial charge in [-0.2, -0.15) is 0 Å². The van der Waals surface area contributed by atoms with Crippen LogP contribution in [-0.2, 0) is 16.0 Å². The molecule has 0 atom stereocenters. The van der Waals surface area contributed by atoms with E-state index in [1.54, 1.807) is 12.1 Å². The molecule has 0 saturated carbocycles. The van der Waals surface area contributed by atoms with E-state index in [2.05, 4.69) is 9.88 Å². The van der Waals surface area contributed by atoms with E-state index in [4.69, 9.17) is 32.7 Å². The molecule has 1 aromatic heterocycles. The van der Waals surface area contributed by atoms with E-state index in [1.807, 2.05) is 0 Å². The fourth-order valence-electron chi connectivity index (χ4n) is 2.62. The minimum atomic E-state index is -0.331. The van der Waals surface area contributed by atoms with E-state index < -0.39 is 0 Å². The van der Waals surface area contributed by atoms with Crippen LogP contribution in [0.5, 0.6) is 0 Å². The van der Waals surface area contributed by atoms with Crippen LogP contribution in [0.1, 0.15) is 18.5 Å².